The highest BCUT2D eigenvalue weighted by molar-refractivity contribution is 7.92. The van der Waals surface area contributed by atoms with Crippen LogP contribution in [0.3, 0.4) is 0 Å². The molecular formula is C29H34ClN3O5S. The van der Waals surface area contributed by atoms with Gasteiger partial charge in [-0.2, -0.15) is 0 Å². The fourth-order valence-corrected chi connectivity index (χ4v) is 5.67. The van der Waals surface area contributed by atoms with Gasteiger partial charge in [0.05, 0.1) is 17.7 Å². The summed E-state index contributed by atoms with van der Waals surface area (Å²) in [5.74, 6) is -0.208. The monoisotopic (exact) mass is 571 g/mol. The van der Waals surface area contributed by atoms with Crippen molar-refractivity contribution in [1.82, 2.24) is 10.2 Å². The number of anilines is 1. The van der Waals surface area contributed by atoms with E-state index in [0.717, 1.165) is 16.3 Å². The lowest BCUT2D eigenvalue weighted by Gasteiger charge is -2.32. The molecule has 10 heteroatoms. The number of carbonyl (C=O) groups is 2. The Bertz CT molecular complexity index is 1380. The van der Waals surface area contributed by atoms with Gasteiger partial charge in [-0.15, -0.1) is 0 Å². The Balaban J connectivity index is 2.04. The van der Waals surface area contributed by atoms with Crippen molar-refractivity contribution in [3.63, 3.8) is 0 Å². The molecule has 3 rings (SSSR count). The van der Waals surface area contributed by atoms with Crippen molar-refractivity contribution < 1.29 is 22.7 Å². The van der Waals surface area contributed by atoms with Crippen LogP contribution in [0.4, 0.5) is 5.69 Å². The molecule has 2 amide bonds. The van der Waals surface area contributed by atoms with Gasteiger partial charge in [-0.3, -0.25) is 13.9 Å². The van der Waals surface area contributed by atoms with Crippen LogP contribution in [0.1, 0.15) is 31.4 Å². The minimum atomic E-state index is -4.15. The lowest BCUT2D eigenvalue weighted by atomic mass is 10.1. The van der Waals surface area contributed by atoms with Crippen LogP contribution in [0.15, 0.2) is 77.7 Å². The maximum absolute atomic E-state index is 13.9. The van der Waals surface area contributed by atoms with Crippen molar-refractivity contribution in [2.45, 2.75) is 44.7 Å². The Kier molecular flexibility index (Phi) is 10.4. The molecule has 208 valence electrons. The number of nitrogens with one attached hydrogen (secondary N) is 1. The Morgan fingerprint density at radius 3 is 2.28 bits per heavy atom. The standard InChI is InChI=1S/C29H34ClN3O5S/c1-5-18-31-29(35)22(3)32(19-23-14-16-24(38-4)17-15-23)28(34)20-33(27-13-9-12-26(30)21(27)2)39(36,37)25-10-7-6-8-11-25/h6-17,22H,5,18-20H2,1-4H3,(H,31,35)/t22-/m1/s1. The molecule has 0 aliphatic carbocycles. The van der Waals surface area contributed by atoms with E-state index in [9.17, 15) is 18.0 Å². The zero-order valence-corrected chi connectivity index (χ0v) is 24.1. The maximum Gasteiger partial charge on any atom is 0.264 e. The summed E-state index contributed by atoms with van der Waals surface area (Å²) < 4.78 is 34.0. The first-order valence-corrected chi connectivity index (χ1v) is 14.4. The van der Waals surface area contributed by atoms with Gasteiger partial charge in [0.1, 0.15) is 18.3 Å². The first-order chi connectivity index (χ1) is 18.6. The molecule has 39 heavy (non-hydrogen) atoms. The van der Waals surface area contributed by atoms with Crippen molar-refractivity contribution in [2.24, 2.45) is 0 Å². The average molecular weight is 572 g/mol. The summed E-state index contributed by atoms with van der Waals surface area (Å²) in [5.41, 5.74) is 1.56. The van der Waals surface area contributed by atoms with E-state index in [0.29, 0.717) is 22.9 Å². The molecule has 8 nitrogen and oxygen atoms in total. The number of carbonyl (C=O) groups excluding carboxylic acids is 2. The van der Waals surface area contributed by atoms with Gasteiger partial charge in [-0.1, -0.05) is 54.9 Å². The molecule has 0 unspecified atom stereocenters. The van der Waals surface area contributed by atoms with Crippen molar-refractivity contribution >= 4 is 39.1 Å². The molecule has 1 atom stereocenters. The van der Waals surface area contributed by atoms with Crippen molar-refractivity contribution in [1.29, 1.82) is 0 Å². The van der Waals surface area contributed by atoms with Crippen LogP contribution in [0.25, 0.3) is 0 Å². The minimum absolute atomic E-state index is 0.0348. The number of halogens is 1. The maximum atomic E-state index is 13.9. The number of amides is 2. The van der Waals surface area contributed by atoms with Crippen molar-refractivity contribution in [3.8, 4) is 5.75 Å². The van der Waals surface area contributed by atoms with Crippen LogP contribution >= 0.6 is 11.6 Å². The summed E-state index contributed by atoms with van der Waals surface area (Å²) in [7, 11) is -2.59. The number of methoxy groups -OCH3 is 1. The smallest absolute Gasteiger partial charge is 0.264 e. The highest BCUT2D eigenvalue weighted by Crippen LogP contribution is 2.31. The summed E-state index contributed by atoms with van der Waals surface area (Å²) in [4.78, 5) is 28.3. The molecule has 3 aromatic rings. The Morgan fingerprint density at radius 1 is 1.00 bits per heavy atom. The van der Waals surface area contributed by atoms with Gasteiger partial charge in [0.25, 0.3) is 10.0 Å². The second kappa shape index (κ2) is 13.5. The molecular weight excluding hydrogens is 538 g/mol. The van der Waals surface area contributed by atoms with Crippen molar-refractivity contribution in [3.05, 3.63) is 88.9 Å². The summed E-state index contributed by atoms with van der Waals surface area (Å²) in [6.45, 7) is 5.30. The van der Waals surface area contributed by atoms with E-state index in [2.05, 4.69) is 5.32 Å². The lowest BCUT2D eigenvalue weighted by molar-refractivity contribution is -0.139. The van der Waals surface area contributed by atoms with Crippen LogP contribution in [-0.4, -0.2) is 51.4 Å². The second-order valence-electron chi connectivity index (χ2n) is 9.05. The van der Waals surface area contributed by atoms with Crippen LogP contribution in [-0.2, 0) is 26.2 Å². The van der Waals surface area contributed by atoms with Gasteiger partial charge in [0, 0.05) is 18.1 Å². The molecule has 0 fully saturated rings. The average Bonchev–Trinajstić information content (AvgIpc) is 2.95. The van der Waals surface area contributed by atoms with Gasteiger partial charge >= 0.3 is 0 Å². The molecule has 3 aromatic carbocycles. The van der Waals surface area contributed by atoms with E-state index in [-0.39, 0.29) is 23.0 Å². The SMILES string of the molecule is CCCNC(=O)[C@@H](C)N(Cc1ccc(OC)cc1)C(=O)CN(c1cccc(Cl)c1C)S(=O)(=O)c1ccccc1. The molecule has 0 saturated heterocycles. The van der Waals surface area contributed by atoms with Crippen LogP contribution in [0, 0.1) is 6.92 Å². The first kappa shape index (κ1) is 30.0. The highest BCUT2D eigenvalue weighted by atomic mass is 35.5. The third-order valence-electron chi connectivity index (χ3n) is 6.35. The van der Waals surface area contributed by atoms with Gasteiger partial charge in [-0.25, -0.2) is 8.42 Å². The number of rotatable bonds is 12. The number of ether oxygens (including phenoxy) is 1. The van der Waals surface area contributed by atoms with E-state index < -0.39 is 28.5 Å². The van der Waals surface area contributed by atoms with Gasteiger partial charge in [-0.05, 0) is 67.8 Å². The predicted molar refractivity (Wildman–Crippen MR) is 153 cm³/mol. The number of sulfonamides is 1. The topological polar surface area (TPSA) is 96.0 Å². The minimum Gasteiger partial charge on any atom is -0.497 e. The third kappa shape index (κ3) is 7.30. The van der Waals surface area contributed by atoms with Crippen LogP contribution in [0.2, 0.25) is 5.02 Å². The number of nitrogens with zero attached hydrogens (tertiary/aromatic N) is 2. The molecule has 0 aromatic heterocycles. The molecule has 1 N–H and O–H groups in total. The summed E-state index contributed by atoms with van der Waals surface area (Å²) in [6.07, 6.45) is 0.738. The van der Waals surface area contributed by atoms with E-state index in [1.54, 1.807) is 81.6 Å². The molecule has 0 radical (unpaired) electrons. The molecule has 0 heterocycles. The molecule has 0 aliphatic heterocycles. The number of benzene rings is 3. The van der Waals surface area contributed by atoms with E-state index >= 15 is 0 Å². The zero-order chi connectivity index (χ0) is 28.6. The normalized spacial score (nSPS) is 11.9. The summed E-state index contributed by atoms with van der Waals surface area (Å²) >= 11 is 6.35. The Labute approximate surface area is 235 Å². The predicted octanol–water partition coefficient (Wildman–Crippen LogP) is 4.80. The molecule has 0 spiro atoms. The summed E-state index contributed by atoms with van der Waals surface area (Å²) in [5, 5.41) is 3.20. The van der Waals surface area contributed by atoms with Crippen LogP contribution < -0.4 is 14.4 Å². The van der Waals surface area contributed by atoms with Crippen molar-refractivity contribution in [2.75, 3.05) is 24.5 Å². The fraction of sp³-hybridized carbons (Fsp3) is 0.310. The number of hydrogen-bond acceptors (Lipinski definition) is 5. The number of hydrogen-bond donors (Lipinski definition) is 1. The van der Waals surface area contributed by atoms with E-state index in [1.807, 2.05) is 6.92 Å². The third-order valence-corrected chi connectivity index (χ3v) is 8.53. The molecule has 0 aliphatic rings. The fourth-order valence-electron chi connectivity index (χ4n) is 4.01. The van der Waals surface area contributed by atoms with Gasteiger partial charge < -0.3 is 15.0 Å². The Morgan fingerprint density at radius 2 is 1.67 bits per heavy atom. The highest BCUT2D eigenvalue weighted by Gasteiger charge is 2.33. The quantitative estimate of drug-likeness (QED) is 0.337. The Hall–Kier alpha value is -3.56. The molecule has 0 bridgehead atoms. The zero-order valence-electron chi connectivity index (χ0n) is 22.6. The summed E-state index contributed by atoms with van der Waals surface area (Å²) in [6, 6.07) is 19.1. The largest absolute Gasteiger partial charge is 0.497 e. The van der Waals surface area contributed by atoms with E-state index in [4.69, 9.17) is 16.3 Å². The first-order valence-electron chi connectivity index (χ1n) is 12.6. The lowest BCUT2D eigenvalue weighted by Crippen LogP contribution is -2.51. The molecule has 0 saturated carbocycles. The van der Waals surface area contributed by atoms with Gasteiger partial charge in [0.2, 0.25) is 11.8 Å². The van der Waals surface area contributed by atoms with E-state index in [1.165, 1.54) is 17.0 Å². The van der Waals surface area contributed by atoms with Gasteiger partial charge in [0.15, 0.2) is 0 Å². The second-order valence-corrected chi connectivity index (χ2v) is 11.3. The van der Waals surface area contributed by atoms with Crippen LogP contribution in [0.5, 0.6) is 5.75 Å².